The highest BCUT2D eigenvalue weighted by Crippen LogP contribution is 2.21. The summed E-state index contributed by atoms with van der Waals surface area (Å²) in [6.45, 7) is -1.92. The molecule has 0 aromatic heterocycles. The average Bonchev–Trinajstić information content (AvgIpc) is 2.53. The van der Waals surface area contributed by atoms with Crippen LogP contribution < -0.4 is 10.1 Å². The number of nitrogens with one attached hydrogen (secondary N) is 1. The van der Waals surface area contributed by atoms with Gasteiger partial charge >= 0.3 is 6.18 Å². The van der Waals surface area contributed by atoms with Gasteiger partial charge in [0.15, 0.2) is 0 Å². The largest absolute Gasteiger partial charge is 0.457 e. The molecule has 0 aliphatic rings. The Morgan fingerprint density at radius 3 is 2.42 bits per heavy atom. The van der Waals surface area contributed by atoms with Crippen molar-refractivity contribution in [2.45, 2.75) is 12.7 Å². The fraction of sp³-hybridized carbons (Fsp3) is 0.235. The number of carbonyl (C=O) groups is 1. The third-order valence-electron chi connectivity index (χ3n) is 2.87. The van der Waals surface area contributed by atoms with Crippen LogP contribution in [0.25, 0.3) is 0 Å². The van der Waals surface area contributed by atoms with Gasteiger partial charge in [-0.1, -0.05) is 30.3 Å². The maximum absolute atomic E-state index is 11.9. The van der Waals surface area contributed by atoms with Crippen molar-refractivity contribution in [2.75, 3.05) is 13.2 Å². The first kappa shape index (κ1) is 17.8. The SMILES string of the molecule is O=C(COCC(F)(F)F)NCc1cccc(Oc2ccccc2)c1. The molecule has 0 bridgehead atoms. The Bertz CT molecular complexity index is 660. The molecule has 0 atom stereocenters. The Kier molecular flexibility index (Phi) is 6.20. The molecule has 0 aliphatic carbocycles. The molecule has 1 amide bonds. The summed E-state index contributed by atoms with van der Waals surface area (Å²) in [6.07, 6.45) is -4.44. The van der Waals surface area contributed by atoms with Crippen molar-refractivity contribution < 1.29 is 27.4 Å². The summed E-state index contributed by atoms with van der Waals surface area (Å²) in [6, 6.07) is 16.2. The first-order chi connectivity index (χ1) is 11.4. The number of ether oxygens (including phenoxy) is 2. The van der Waals surface area contributed by atoms with E-state index in [1.807, 2.05) is 30.3 Å². The van der Waals surface area contributed by atoms with Crippen LogP contribution in [0.2, 0.25) is 0 Å². The van der Waals surface area contributed by atoms with Crippen LogP contribution in [-0.4, -0.2) is 25.3 Å². The maximum Gasteiger partial charge on any atom is 0.411 e. The van der Waals surface area contributed by atoms with Crippen LogP contribution >= 0.6 is 0 Å². The van der Waals surface area contributed by atoms with Crippen molar-refractivity contribution in [3.8, 4) is 11.5 Å². The summed E-state index contributed by atoms with van der Waals surface area (Å²) in [4.78, 5) is 11.4. The van der Waals surface area contributed by atoms with Crippen LogP contribution in [-0.2, 0) is 16.1 Å². The Labute approximate surface area is 137 Å². The summed E-state index contributed by atoms with van der Waals surface area (Å²) < 4.78 is 45.7. The zero-order chi connectivity index (χ0) is 17.4. The molecule has 128 valence electrons. The number of halogens is 3. The Morgan fingerprint density at radius 1 is 1.00 bits per heavy atom. The van der Waals surface area contributed by atoms with Gasteiger partial charge in [0, 0.05) is 6.54 Å². The van der Waals surface area contributed by atoms with Crippen LogP contribution in [0.1, 0.15) is 5.56 Å². The fourth-order valence-corrected chi connectivity index (χ4v) is 1.85. The van der Waals surface area contributed by atoms with Crippen molar-refractivity contribution in [3.63, 3.8) is 0 Å². The Morgan fingerprint density at radius 2 is 1.71 bits per heavy atom. The van der Waals surface area contributed by atoms with Gasteiger partial charge in [-0.05, 0) is 29.8 Å². The standard InChI is InChI=1S/C17H16F3NO3/c18-17(19,20)12-23-11-16(22)21-10-13-5-4-8-15(9-13)24-14-6-2-1-3-7-14/h1-9H,10-12H2,(H,21,22). The van der Waals surface area contributed by atoms with Crippen LogP contribution in [0, 0.1) is 0 Å². The summed E-state index contributed by atoms with van der Waals surface area (Å²) in [5.41, 5.74) is 0.757. The molecule has 4 nitrogen and oxygen atoms in total. The molecular formula is C17H16F3NO3. The van der Waals surface area contributed by atoms with Gasteiger partial charge in [-0.3, -0.25) is 4.79 Å². The molecule has 0 spiro atoms. The number of para-hydroxylation sites is 1. The molecule has 0 radical (unpaired) electrons. The number of alkyl halides is 3. The normalized spacial score (nSPS) is 11.1. The number of benzene rings is 2. The van der Waals surface area contributed by atoms with E-state index in [2.05, 4.69) is 10.1 Å². The Hall–Kier alpha value is -2.54. The second kappa shape index (κ2) is 8.35. The molecule has 7 heteroatoms. The van der Waals surface area contributed by atoms with E-state index in [-0.39, 0.29) is 6.54 Å². The maximum atomic E-state index is 11.9. The van der Waals surface area contributed by atoms with Gasteiger partial charge in [0.2, 0.25) is 5.91 Å². The first-order valence-electron chi connectivity index (χ1n) is 7.15. The highest BCUT2D eigenvalue weighted by atomic mass is 19.4. The van der Waals surface area contributed by atoms with Gasteiger partial charge in [0.05, 0.1) is 0 Å². The van der Waals surface area contributed by atoms with Crippen molar-refractivity contribution in [1.82, 2.24) is 5.32 Å². The van der Waals surface area contributed by atoms with E-state index in [1.165, 1.54) is 0 Å². The molecule has 2 rings (SSSR count). The molecule has 0 fully saturated rings. The zero-order valence-electron chi connectivity index (χ0n) is 12.7. The van der Waals surface area contributed by atoms with Gasteiger partial charge in [-0.15, -0.1) is 0 Å². The van der Waals surface area contributed by atoms with Crippen molar-refractivity contribution in [2.24, 2.45) is 0 Å². The molecule has 0 aliphatic heterocycles. The van der Waals surface area contributed by atoms with E-state index in [0.29, 0.717) is 11.5 Å². The smallest absolute Gasteiger partial charge is 0.411 e. The van der Waals surface area contributed by atoms with E-state index in [4.69, 9.17) is 4.74 Å². The van der Waals surface area contributed by atoms with Crippen molar-refractivity contribution >= 4 is 5.91 Å². The minimum absolute atomic E-state index is 0.167. The number of rotatable bonds is 7. The summed E-state index contributed by atoms with van der Waals surface area (Å²) in [5, 5.41) is 2.49. The molecule has 24 heavy (non-hydrogen) atoms. The van der Waals surface area contributed by atoms with Gasteiger partial charge in [-0.2, -0.15) is 13.2 Å². The average molecular weight is 339 g/mol. The molecule has 0 heterocycles. The van der Waals surface area contributed by atoms with Crippen molar-refractivity contribution in [1.29, 1.82) is 0 Å². The highest BCUT2D eigenvalue weighted by Gasteiger charge is 2.27. The third kappa shape index (κ3) is 6.70. The number of amides is 1. The van der Waals surface area contributed by atoms with Gasteiger partial charge < -0.3 is 14.8 Å². The minimum Gasteiger partial charge on any atom is -0.457 e. The van der Waals surface area contributed by atoms with E-state index in [0.717, 1.165) is 5.56 Å². The third-order valence-corrected chi connectivity index (χ3v) is 2.87. The van der Waals surface area contributed by atoms with Gasteiger partial charge in [0.1, 0.15) is 24.7 Å². The fourth-order valence-electron chi connectivity index (χ4n) is 1.85. The Balaban J connectivity index is 1.80. The molecule has 1 N–H and O–H groups in total. The predicted octanol–water partition coefficient (Wildman–Crippen LogP) is 3.67. The van der Waals surface area contributed by atoms with Crippen LogP contribution in [0.5, 0.6) is 11.5 Å². The molecule has 0 saturated heterocycles. The second-order valence-corrected chi connectivity index (χ2v) is 4.95. The minimum atomic E-state index is -4.44. The van der Waals surface area contributed by atoms with Crippen LogP contribution in [0.3, 0.4) is 0 Å². The summed E-state index contributed by atoms with van der Waals surface area (Å²) in [7, 11) is 0. The van der Waals surface area contributed by atoms with E-state index in [1.54, 1.807) is 24.3 Å². The number of hydrogen-bond donors (Lipinski definition) is 1. The molecule has 0 unspecified atom stereocenters. The van der Waals surface area contributed by atoms with Crippen LogP contribution in [0.4, 0.5) is 13.2 Å². The summed E-state index contributed by atoms with van der Waals surface area (Å²) in [5.74, 6) is 0.661. The van der Waals surface area contributed by atoms with Crippen molar-refractivity contribution in [3.05, 3.63) is 60.2 Å². The van der Waals surface area contributed by atoms with E-state index in [9.17, 15) is 18.0 Å². The monoisotopic (exact) mass is 339 g/mol. The van der Waals surface area contributed by atoms with Gasteiger partial charge in [-0.25, -0.2) is 0 Å². The predicted molar refractivity (Wildman–Crippen MR) is 81.7 cm³/mol. The van der Waals surface area contributed by atoms with E-state index < -0.39 is 25.3 Å². The topological polar surface area (TPSA) is 47.6 Å². The lowest BCUT2D eigenvalue weighted by Crippen LogP contribution is -2.29. The second-order valence-electron chi connectivity index (χ2n) is 4.95. The first-order valence-corrected chi connectivity index (χ1v) is 7.15. The van der Waals surface area contributed by atoms with Gasteiger partial charge in [0.25, 0.3) is 0 Å². The number of carbonyl (C=O) groups excluding carboxylic acids is 1. The van der Waals surface area contributed by atoms with E-state index >= 15 is 0 Å². The lowest BCUT2D eigenvalue weighted by atomic mass is 10.2. The molecule has 2 aromatic rings. The highest BCUT2D eigenvalue weighted by molar-refractivity contribution is 5.77. The lowest BCUT2D eigenvalue weighted by molar-refractivity contribution is -0.175. The molecular weight excluding hydrogens is 323 g/mol. The van der Waals surface area contributed by atoms with Crippen LogP contribution in [0.15, 0.2) is 54.6 Å². The molecule has 0 saturated carbocycles. The quantitative estimate of drug-likeness (QED) is 0.837. The zero-order valence-corrected chi connectivity index (χ0v) is 12.7. The molecule has 2 aromatic carbocycles. The number of hydrogen-bond acceptors (Lipinski definition) is 3. The summed E-state index contributed by atoms with van der Waals surface area (Å²) >= 11 is 0. The lowest BCUT2D eigenvalue weighted by Gasteiger charge is -2.10.